The SMILES string of the molecule is CCCCCCCCCCCCOC(=O)[C@@H]1C[C@H]2C[C@@](F)(CCc3nn[nH]n3)CC[C@H]2CN1. The van der Waals surface area contributed by atoms with Gasteiger partial charge in [0.15, 0.2) is 5.82 Å². The van der Waals surface area contributed by atoms with Gasteiger partial charge in [-0.05, 0) is 56.9 Å². The first-order valence-corrected chi connectivity index (χ1v) is 13.4. The third kappa shape index (κ3) is 8.95. The molecule has 4 atom stereocenters. The second kappa shape index (κ2) is 14.0. The van der Waals surface area contributed by atoms with Crippen molar-refractivity contribution in [2.75, 3.05) is 13.2 Å². The van der Waals surface area contributed by atoms with Crippen LogP contribution in [0.4, 0.5) is 4.39 Å². The van der Waals surface area contributed by atoms with Crippen LogP contribution < -0.4 is 5.32 Å². The number of hydrogen-bond acceptors (Lipinski definition) is 6. The van der Waals surface area contributed by atoms with E-state index < -0.39 is 5.67 Å². The molecule has 1 saturated carbocycles. The van der Waals surface area contributed by atoms with Crippen molar-refractivity contribution in [3.05, 3.63) is 5.82 Å². The van der Waals surface area contributed by atoms with Crippen molar-refractivity contribution >= 4 is 5.97 Å². The molecular formula is C25H44FN5O2. The number of aromatic amines is 1. The van der Waals surface area contributed by atoms with Gasteiger partial charge in [-0.1, -0.05) is 69.9 Å². The van der Waals surface area contributed by atoms with E-state index in [1.165, 1.54) is 51.4 Å². The molecule has 0 unspecified atom stereocenters. The summed E-state index contributed by atoms with van der Waals surface area (Å²) in [5, 5.41) is 17.2. The number of fused-ring (bicyclic) bond motifs is 1. The number of ether oxygens (including phenoxy) is 1. The summed E-state index contributed by atoms with van der Waals surface area (Å²) in [6.45, 7) is 3.53. The Morgan fingerprint density at radius 2 is 1.82 bits per heavy atom. The van der Waals surface area contributed by atoms with Crippen molar-refractivity contribution in [3.63, 3.8) is 0 Å². The Labute approximate surface area is 198 Å². The van der Waals surface area contributed by atoms with Crippen molar-refractivity contribution < 1.29 is 13.9 Å². The predicted molar refractivity (Wildman–Crippen MR) is 126 cm³/mol. The molecule has 2 N–H and O–H groups in total. The Hall–Kier alpha value is -1.57. The molecule has 0 radical (unpaired) electrons. The molecule has 188 valence electrons. The van der Waals surface area contributed by atoms with Gasteiger partial charge in [-0.3, -0.25) is 4.79 Å². The van der Waals surface area contributed by atoms with Crippen LogP contribution in [0.1, 0.15) is 109 Å². The van der Waals surface area contributed by atoms with Crippen LogP contribution in [0, 0.1) is 11.8 Å². The Kier molecular flexibility index (Phi) is 11.0. The highest BCUT2D eigenvalue weighted by molar-refractivity contribution is 5.75. The lowest BCUT2D eigenvalue weighted by Gasteiger charge is -2.44. The fraction of sp³-hybridized carbons (Fsp3) is 0.920. The first-order valence-electron chi connectivity index (χ1n) is 13.4. The minimum Gasteiger partial charge on any atom is -0.465 e. The van der Waals surface area contributed by atoms with E-state index >= 15 is 4.39 Å². The number of piperidine rings is 1. The van der Waals surface area contributed by atoms with Crippen molar-refractivity contribution in [1.29, 1.82) is 0 Å². The molecule has 7 nitrogen and oxygen atoms in total. The van der Waals surface area contributed by atoms with Crippen LogP contribution in [-0.4, -0.2) is 51.5 Å². The molecule has 0 amide bonds. The third-order valence-corrected chi connectivity index (χ3v) is 7.64. The van der Waals surface area contributed by atoms with E-state index in [0.717, 1.165) is 25.8 Å². The van der Waals surface area contributed by atoms with Crippen LogP contribution in [0.25, 0.3) is 0 Å². The molecule has 2 fully saturated rings. The average Bonchev–Trinajstić information content (AvgIpc) is 3.34. The normalized spacial score (nSPS) is 27.3. The number of alkyl halides is 1. The van der Waals surface area contributed by atoms with Crippen LogP contribution in [-0.2, 0) is 16.0 Å². The predicted octanol–water partition coefficient (Wildman–Crippen LogP) is 5.08. The highest BCUT2D eigenvalue weighted by Gasteiger charge is 2.44. The van der Waals surface area contributed by atoms with E-state index in [4.69, 9.17) is 4.74 Å². The summed E-state index contributed by atoms with van der Waals surface area (Å²) in [5.41, 5.74) is -1.20. The highest BCUT2D eigenvalue weighted by Crippen LogP contribution is 2.44. The van der Waals surface area contributed by atoms with Gasteiger partial charge in [0, 0.05) is 6.42 Å². The van der Waals surface area contributed by atoms with Gasteiger partial charge in [0.2, 0.25) is 0 Å². The molecule has 33 heavy (non-hydrogen) atoms. The molecule has 1 aromatic rings. The number of rotatable bonds is 15. The zero-order valence-corrected chi connectivity index (χ0v) is 20.5. The third-order valence-electron chi connectivity index (χ3n) is 7.64. The molecular weight excluding hydrogens is 421 g/mol. The van der Waals surface area contributed by atoms with E-state index in [0.29, 0.717) is 50.5 Å². The van der Waals surface area contributed by atoms with Gasteiger partial charge in [0.05, 0.1) is 6.61 Å². The number of carbonyl (C=O) groups excluding carboxylic acids is 1. The lowest BCUT2D eigenvalue weighted by molar-refractivity contribution is -0.148. The number of nitrogens with zero attached hydrogens (tertiary/aromatic N) is 3. The molecule has 8 heteroatoms. The maximum Gasteiger partial charge on any atom is 0.323 e. The van der Waals surface area contributed by atoms with E-state index in [1.807, 2.05) is 0 Å². The lowest BCUT2D eigenvalue weighted by atomic mass is 9.67. The fourth-order valence-electron chi connectivity index (χ4n) is 5.54. The number of hydrogen-bond donors (Lipinski definition) is 2. The Balaban J connectivity index is 1.27. The minimum atomic E-state index is -1.20. The molecule has 0 aromatic carbocycles. The Morgan fingerprint density at radius 1 is 1.09 bits per heavy atom. The van der Waals surface area contributed by atoms with E-state index in [-0.39, 0.29) is 17.9 Å². The molecule has 2 aliphatic rings. The van der Waals surface area contributed by atoms with Crippen molar-refractivity contribution in [2.45, 2.75) is 121 Å². The Bertz CT molecular complexity index is 674. The van der Waals surface area contributed by atoms with E-state index in [2.05, 4.69) is 32.9 Å². The minimum absolute atomic E-state index is 0.161. The molecule has 1 aromatic heterocycles. The van der Waals surface area contributed by atoms with Crippen LogP contribution in [0.5, 0.6) is 0 Å². The van der Waals surface area contributed by atoms with Crippen LogP contribution >= 0.6 is 0 Å². The van der Waals surface area contributed by atoms with Crippen molar-refractivity contribution in [2.24, 2.45) is 11.8 Å². The van der Waals surface area contributed by atoms with Gasteiger partial charge in [0.25, 0.3) is 0 Å². The van der Waals surface area contributed by atoms with Gasteiger partial charge in [-0.25, -0.2) is 4.39 Å². The summed E-state index contributed by atoms with van der Waals surface area (Å²) in [4.78, 5) is 12.6. The summed E-state index contributed by atoms with van der Waals surface area (Å²) in [7, 11) is 0. The van der Waals surface area contributed by atoms with Crippen molar-refractivity contribution in [1.82, 2.24) is 25.9 Å². The summed E-state index contributed by atoms with van der Waals surface area (Å²) in [5.74, 6) is 1.08. The molecule has 1 aliphatic carbocycles. The number of halogens is 1. The molecule has 0 spiro atoms. The molecule has 2 heterocycles. The molecule has 0 bridgehead atoms. The fourth-order valence-corrected chi connectivity index (χ4v) is 5.54. The molecule has 3 rings (SSSR count). The zero-order valence-electron chi connectivity index (χ0n) is 20.5. The summed E-state index contributed by atoms with van der Waals surface area (Å²) in [6.07, 6.45) is 16.2. The molecule has 1 saturated heterocycles. The maximum absolute atomic E-state index is 15.5. The largest absolute Gasteiger partial charge is 0.465 e. The summed E-state index contributed by atoms with van der Waals surface area (Å²) < 4.78 is 21.1. The molecule has 1 aliphatic heterocycles. The second-order valence-corrected chi connectivity index (χ2v) is 10.3. The second-order valence-electron chi connectivity index (χ2n) is 10.3. The van der Waals surface area contributed by atoms with Gasteiger partial charge < -0.3 is 10.1 Å². The zero-order chi connectivity index (χ0) is 23.4. The Morgan fingerprint density at radius 3 is 2.52 bits per heavy atom. The summed E-state index contributed by atoms with van der Waals surface area (Å²) >= 11 is 0. The number of tetrazole rings is 1. The van der Waals surface area contributed by atoms with Crippen LogP contribution in [0.3, 0.4) is 0 Å². The highest BCUT2D eigenvalue weighted by atomic mass is 19.1. The number of esters is 1. The van der Waals surface area contributed by atoms with Crippen LogP contribution in [0.15, 0.2) is 0 Å². The summed E-state index contributed by atoms with van der Waals surface area (Å²) in [6, 6.07) is -0.297. The van der Waals surface area contributed by atoms with E-state index in [9.17, 15) is 4.79 Å². The van der Waals surface area contributed by atoms with Gasteiger partial charge in [-0.15, -0.1) is 10.2 Å². The quantitative estimate of drug-likeness (QED) is 0.277. The standard InChI is InChI=1S/C25H44FN5O2/c1-2-3-4-5-6-7-8-9-10-11-16-33-24(32)22-17-21-18-25(26,14-12-20(21)19-27-22)15-13-23-28-30-31-29-23/h20-22,27H,2-19H2,1H3,(H,28,29,30,31)/t20-,21-,22-,25-/m0/s1. The first kappa shape index (κ1) is 26.0. The maximum atomic E-state index is 15.5. The topological polar surface area (TPSA) is 92.8 Å². The van der Waals surface area contributed by atoms with Gasteiger partial charge in [0.1, 0.15) is 11.7 Å². The lowest BCUT2D eigenvalue weighted by Crippen LogP contribution is -2.52. The number of carbonyl (C=O) groups is 1. The van der Waals surface area contributed by atoms with E-state index in [1.54, 1.807) is 0 Å². The number of aromatic nitrogens is 4. The van der Waals surface area contributed by atoms with Crippen molar-refractivity contribution in [3.8, 4) is 0 Å². The number of unbranched alkanes of at least 4 members (excludes halogenated alkanes) is 9. The number of nitrogens with one attached hydrogen (secondary N) is 2. The number of H-pyrrole nitrogens is 1. The number of aryl methyl sites for hydroxylation is 1. The average molecular weight is 466 g/mol. The monoisotopic (exact) mass is 465 g/mol. The van der Waals surface area contributed by atoms with Crippen LogP contribution in [0.2, 0.25) is 0 Å². The van der Waals surface area contributed by atoms with Gasteiger partial charge >= 0.3 is 5.97 Å². The first-order chi connectivity index (χ1) is 16.1. The van der Waals surface area contributed by atoms with Gasteiger partial charge in [-0.2, -0.15) is 5.21 Å². The smallest absolute Gasteiger partial charge is 0.323 e.